The highest BCUT2D eigenvalue weighted by atomic mass is 16.2. The molecule has 3 rings (SSSR count). The van der Waals surface area contributed by atoms with Gasteiger partial charge in [0.05, 0.1) is 6.42 Å². The van der Waals surface area contributed by atoms with Gasteiger partial charge < -0.3 is 10.2 Å². The van der Waals surface area contributed by atoms with Gasteiger partial charge in [-0.05, 0) is 62.4 Å². The first-order valence-corrected chi connectivity index (χ1v) is 11.9. The van der Waals surface area contributed by atoms with E-state index in [-0.39, 0.29) is 18.2 Å². The quantitative estimate of drug-likeness (QED) is 0.493. The number of aryl methyl sites for hydroxylation is 2. The third kappa shape index (κ3) is 7.31. The van der Waals surface area contributed by atoms with Crippen LogP contribution in [0.5, 0.6) is 0 Å². The van der Waals surface area contributed by atoms with Crippen molar-refractivity contribution in [1.82, 2.24) is 10.2 Å². The Kier molecular flexibility index (Phi) is 8.27. The summed E-state index contributed by atoms with van der Waals surface area (Å²) in [5.74, 6) is -0.196. The molecule has 178 valence electrons. The second-order valence-electron chi connectivity index (χ2n) is 10.0. The first kappa shape index (κ1) is 25.2. The second kappa shape index (κ2) is 11.1. The molecule has 0 fully saturated rings. The smallest absolute Gasteiger partial charge is 0.243 e. The van der Waals surface area contributed by atoms with Gasteiger partial charge in [0.2, 0.25) is 11.8 Å². The van der Waals surface area contributed by atoms with Crippen LogP contribution < -0.4 is 5.32 Å². The van der Waals surface area contributed by atoms with Crippen molar-refractivity contribution in [3.63, 3.8) is 0 Å². The lowest BCUT2D eigenvalue weighted by molar-refractivity contribution is -0.141. The number of nitrogens with one attached hydrogen (secondary N) is 1. The molecule has 4 nitrogen and oxygen atoms in total. The van der Waals surface area contributed by atoms with E-state index < -0.39 is 11.6 Å². The fourth-order valence-electron chi connectivity index (χ4n) is 3.98. The van der Waals surface area contributed by atoms with Crippen molar-refractivity contribution in [2.75, 3.05) is 0 Å². The van der Waals surface area contributed by atoms with Gasteiger partial charge in [-0.3, -0.25) is 9.59 Å². The fraction of sp³-hybridized carbons (Fsp3) is 0.333. The predicted octanol–water partition coefficient (Wildman–Crippen LogP) is 5.40. The molecule has 34 heavy (non-hydrogen) atoms. The van der Waals surface area contributed by atoms with Gasteiger partial charge in [-0.25, -0.2) is 0 Å². The highest BCUT2D eigenvalue weighted by molar-refractivity contribution is 5.89. The van der Waals surface area contributed by atoms with E-state index in [1.165, 1.54) is 5.56 Å². The maximum Gasteiger partial charge on any atom is 0.243 e. The van der Waals surface area contributed by atoms with Crippen LogP contribution in [0.3, 0.4) is 0 Å². The Balaban J connectivity index is 1.97. The average molecular weight is 457 g/mol. The molecule has 3 aromatic carbocycles. The van der Waals surface area contributed by atoms with Crippen LogP contribution in [0, 0.1) is 13.8 Å². The van der Waals surface area contributed by atoms with E-state index >= 15 is 0 Å². The molecule has 3 aromatic rings. The van der Waals surface area contributed by atoms with Crippen LogP contribution >= 0.6 is 0 Å². The Labute approximate surface area is 204 Å². The predicted molar refractivity (Wildman–Crippen MR) is 138 cm³/mol. The summed E-state index contributed by atoms with van der Waals surface area (Å²) in [7, 11) is 0. The van der Waals surface area contributed by atoms with Gasteiger partial charge >= 0.3 is 0 Å². The Morgan fingerprint density at radius 2 is 1.38 bits per heavy atom. The highest BCUT2D eigenvalue weighted by Crippen LogP contribution is 2.18. The normalized spacial score (nSPS) is 12.1. The van der Waals surface area contributed by atoms with Crippen LogP contribution in [0.4, 0.5) is 0 Å². The Morgan fingerprint density at radius 1 is 0.794 bits per heavy atom. The summed E-state index contributed by atoms with van der Waals surface area (Å²) in [6.45, 7) is 10.4. The van der Waals surface area contributed by atoms with Crippen molar-refractivity contribution in [1.29, 1.82) is 0 Å². The van der Waals surface area contributed by atoms with Crippen molar-refractivity contribution in [2.24, 2.45) is 0 Å². The Bertz CT molecular complexity index is 1100. The van der Waals surface area contributed by atoms with Gasteiger partial charge in [0, 0.05) is 18.5 Å². The number of hydrogen-bond donors (Lipinski definition) is 1. The van der Waals surface area contributed by atoms with E-state index in [2.05, 4.69) is 25.2 Å². The van der Waals surface area contributed by atoms with Gasteiger partial charge in [-0.1, -0.05) is 78.9 Å². The monoisotopic (exact) mass is 456 g/mol. The van der Waals surface area contributed by atoms with Gasteiger partial charge in [0.1, 0.15) is 6.04 Å². The lowest BCUT2D eigenvalue weighted by atomic mass is 9.99. The van der Waals surface area contributed by atoms with E-state index in [9.17, 15) is 9.59 Å². The molecule has 1 unspecified atom stereocenters. The minimum Gasteiger partial charge on any atom is -0.350 e. The van der Waals surface area contributed by atoms with Gasteiger partial charge in [-0.15, -0.1) is 0 Å². The summed E-state index contributed by atoms with van der Waals surface area (Å²) in [6.07, 6.45) is 0.705. The third-order valence-corrected chi connectivity index (χ3v) is 5.89. The molecule has 0 bridgehead atoms. The Hall–Kier alpha value is -3.40. The standard InChI is InChI=1S/C30H36N2O2/c1-22-16-17-26(18-23(22)2)20-28(33)32(21-25-14-10-7-11-15-25)27(29(34)31-30(3,4)5)19-24-12-8-6-9-13-24/h6-18,27H,19-21H2,1-5H3,(H,31,34). The van der Waals surface area contributed by atoms with Crippen LogP contribution in [0.25, 0.3) is 0 Å². The van der Waals surface area contributed by atoms with E-state index in [4.69, 9.17) is 0 Å². The SMILES string of the molecule is Cc1ccc(CC(=O)N(Cc2ccccc2)C(Cc2ccccc2)C(=O)NC(C)(C)C)cc1C. The lowest BCUT2D eigenvalue weighted by Gasteiger charge is -2.34. The Morgan fingerprint density at radius 3 is 1.94 bits per heavy atom. The molecule has 0 saturated carbocycles. The molecular weight excluding hydrogens is 420 g/mol. The molecule has 0 aliphatic heterocycles. The van der Waals surface area contributed by atoms with E-state index in [0.29, 0.717) is 13.0 Å². The molecular formula is C30H36N2O2. The first-order valence-electron chi connectivity index (χ1n) is 11.9. The first-order chi connectivity index (χ1) is 16.1. The largest absolute Gasteiger partial charge is 0.350 e. The van der Waals surface area contributed by atoms with Crippen molar-refractivity contribution in [2.45, 2.75) is 65.6 Å². The van der Waals surface area contributed by atoms with Gasteiger partial charge in [-0.2, -0.15) is 0 Å². The average Bonchev–Trinajstić information content (AvgIpc) is 2.79. The molecule has 1 N–H and O–H groups in total. The molecule has 0 radical (unpaired) electrons. The van der Waals surface area contributed by atoms with Crippen molar-refractivity contribution in [3.8, 4) is 0 Å². The van der Waals surface area contributed by atoms with E-state index in [1.54, 1.807) is 4.90 Å². The van der Waals surface area contributed by atoms with Crippen molar-refractivity contribution >= 4 is 11.8 Å². The minimum atomic E-state index is -0.624. The maximum atomic E-state index is 13.8. The molecule has 1 atom stereocenters. The zero-order valence-electron chi connectivity index (χ0n) is 21.0. The fourth-order valence-corrected chi connectivity index (χ4v) is 3.98. The number of benzene rings is 3. The zero-order chi connectivity index (χ0) is 24.7. The molecule has 0 saturated heterocycles. The van der Waals surface area contributed by atoms with Gasteiger partial charge in [0.25, 0.3) is 0 Å². The zero-order valence-corrected chi connectivity index (χ0v) is 21.0. The van der Waals surface area contributed by atoms with E-state index in [1.807, 2.05) is 93.6 Å². The molecule has 0 heterocycles. The van der Waals surface area contributed by atoms with Gasteiger partial charge in [0.15, 0.2) is 0 Å². The molecule has 0 aromatic heterocycles. The van der Waals surface area contributed by atoms with Crippen LogP contribution in [-0.2, 0) is 29.0 Å². The summed E-state index contributed by atoms with van der Waals surface area (Å²) in [4.78, 5) is 29.1. The summed E-state index contributed by atoms with van der Waals surface area (Å²) in [6, 6.07) is 25.3. The number of amides is 2. The van der Waals surface area contributed by atoms with Crippen LogP contribution in [0.15, 0.2) is 78.9 Å². The minimum absolute atomic E-state index is 0.0582. The number of nitrogens with zero attached hydrogens (tertiary/aromatic N) is 1. The summed E-state index contributed by atoms with van der Waals surface area (Å²) in [5.41, 5.74) is 4.93. The molecule has 2 amide bonds. The molecule has 0 aliphatic rings. The van der Waals surface area contributed by atoms with Crippen molar-refractivity contribution in [3.05, 3.63) is 107 Å². The molecule has 0 aliphatic carbocycles. The topological polar surface area (TPSA) is 49.4 Å². The lowest BCUT2D eigenvalue weighted by Crippen LogP contribution is -2.54. The van der Waals surface area contributed by atoms with Crippen LogP contribution in [0.1, 0.15) is 48.6 Å². The number of carbonyl (C=O) groups is 2. The number of hydrogen-bond acceptors (Lipinski definition) is 2. The van der Waals surface area contributed by atoms with E-state index in [0.717, 1.165) is 22.3 Å². The molecule has 0 spiro atoms. The number of carbonyl (C=O) groups excluding carboxylic acids is 2. The molecule has 4 heteroatoms. The van der Waals surface area contributed by atoms with Crippen LogP contribution in [-0.4, -0.2) is 28.3 Å². The summed E-state index contributed by atoms with van der Waals surface area (Å²) < 4.78 is 0. The second-order valence-corrected chi connectivity index (χ2v) is 10.0. The number of rotatable bonds is 8. The summed E-state index contributed by atoms with van der Waals surface area (Å²) >= 11 is 0. The van der Waals surface area contributed by atoms with Crippen LogP contribution in [0.2, 0.25) is 0 Å². The maximum absolute atomic E-state index is 13.8. The third-order valence-electron chi connectivity index (χ3n) is 5.89. The van der Waals surface area contributed by atoms with Crippen molar-refractivity contribution < 1.29 is 9.59 Å². The summed E-state index contributed by atoms with van der Waals surface area (Å²) in [5, 5.41) is 3.11. The highest BCUT2D eigenvalue weighted by Gasteiger charge is 2.32.